The van der Waals surface area contributed by atoms with Crippen molar-refractivity contribution in [3.8, 4) is 22.6 Å². The van der Waals surface area contributed by atoms with Crippen LogP contribution < -0.4 is 0 Å². The number of nitrogens with zero attached hydrogens (tertiary/aromatic N) is 3. The molecule has 0 unspecified atom stereocenters. The number of alkyl halides is 3. The molecule has 0 saturated heterocycles. The quantitative estimate of drug-likeness (QED) is 0.347. The Morgan fingerprint density at radius 1 is 0.941 bits per heavy atom. The summed E-state index contributed by atoms with van der Waals surface area (Å²) in [6, 6.07) is 18.2. The average molecular weight is 465 g/mol. The summed E-state index contributed by atoms with van der Waals surface area (Å²) in [5, 5.41) is 7.91. The standard InChI is InChI=1S/C26H22F3N3O2/c1-16-13-20(25(33)32(3)15-21-7-4-5-10-23(21)26(27,28)29)11-12-22(16)18-8-6-9-19(14-18)24-31-30-17(2)34-24/h4-14H,15H2,1-3H3. The number of rotatable bonds is 5. The second-order valence-electron chi connectivity index (χ2n) is 8.05. The van der Waals surface area contributed by atoms with Crippen LogP contribution in [0, 0.1) is 13.8 Å². The molecule has 0 spiro atoms. The molecule has 0 radical (unpaired) electrons. The fourth-order valence-electron chi connectivity index (χ4n) is 3.84. The van der Waals surface area contributed by atoms with Gasteiger partial charge >= 0.3 is 6.18 Å². The second-order valence-corrected chi connectivity index (χ2v) is 8.05. The first-order valence-electron chi connectivity index (χ1n) is 10.6. The lowest BCUT2D eigenvalue weighted by Crippen LogP contribution is -2.27. The van der Waals surface area contributed by atoms with Crippen molar-refractivity contribution < 1.29 is 22.4 Å². The van der Waals surface area contributed by atoms with Gasteiger partial charge < -0.3 is 9.32 Å². The summed E-state index contributed by atoms with van der Waals surface area (Å²) in [4.78, 5) is 14.3. The van der Waals surface area contributed by atoms with Crippen molar-refractivity contribution in [2.24, 2.45) is 0 Å². The number of carbonyl (C=O) groups is 1. The van der Waals surface area contributed by atoms with Crippen molar-refractivity contribution in [2.75, 3.05) is 7.05 Å². The van der Waals surface area contributed by atoms with Gasteiger partial charge in [0.05, 0.1) is 5.56 Å². The van der Waals surface area contributed by atoms with Crippen LogP contribution in [0.5, 0.6) is 0 Å². The third-order valence-corrected chi connectivity index (χ3v) is 5.50. The fraction of sp³-hybridized carbons (Fsp3) is 0.192. The van der Waals surface area contributed by atoms with Gasteiger partial charge in [0.15, 0.2) is 0 Å². The van der Waals surface area contributed by atoms with E-state index in [-0.39, 0.29) is 18.0 Å². The minimum Gasteiger partial charge on any atom is -0.421 e. The van der Waals surface area contributed by atoms with Gasteiger partial charge in [-0.15, -0.1) is 10.2 Å². The molecule has 1 amide bonds. The largest absolute Gasteiger partial charge is 0.421 e. The van der Waals surface area contributed by atoms with E-state index in [4.69, 9.17) is 4.42 Å². The van der Waals surface area contributed by atoms with Crippen LogP contribution in [0.15, 0.2) is 71.1 Å². The van der Waals surface area contributed by atoms with Gasteiger partial charge in [0.2, 0.25) is 11.8 Å². The molecule has 4 rings (SSSR count). The Labute approximate surface area is 194 Å². The van der Waals surface area contributed by atoms with Crippen LogP contribution in [0.25, 0.3) is 22.6 Å². The van der Waals surface area contributed by atoms with E-state index in [0.29, 0.717) is 17.3 Å². The molecule has 0 aliphatic heterocycles. The summed E-state index contributed by atoms with van der Waals surface area (Å²) >= 11 is 0. The molecule has 4 aromatic rings. The number of aryl methyl sites for hydroxylation is 2. The van der Waals surface area contributed by atoms with Gasteiger partial charge in [-0.1, -0.05) is 36.4 Å². The van der Waals surface area contributed by atoms with E-state index in [9.17, 15) is 18.0 Å². The average Bonchev–Trinajstić information content (AvgIpc) is 3.24. The zero-order valence-electron chi connectivity index (χ0n) is 18.8. The maximum Gasteiger partial charge on any atom is 0.416 e. The molecule has 1 aromatic heterocycles. The van der Waals surface area contributed by atoms with Crippen molar-refractivity contribution in [2.45, 2.75) is 26.6 Å². The number of carbonyl (C=O) groups excluding carboxylic acids is 1. The Morgan fingerprint density at radius 3 is 2.35 bits per heavy atom. The van der Waals surface area contributed by atoms with Crippen LogP contribution in [0.3, 0.4) is 0 Å². The maximum absolute atomic E-state index is 13.3. The maximum atomic E-state index is 13.3. The summed E-state index contributed by atoms with van der Waals surface area (Å²) in [7, 11) is 1.49. The number of benzene rings is 3. The van der Waals surface area contributed by atoms with Crippen molar-refractivity contribution in [1.29, 1.82) is 0 Å². The minimum atomic E-state index is -4.48. The first-order valence-corrected chi connectivity index (χ1v) is 10.6. The first-order chi connectivity index (χ1) is 16.1. The number of amides is 1. The lowest BCUT2D eigenvalue weighted by atomic mass is 9.96. The molecule has 5 nitrogen and oxygen atoms in total. The van der Waals surface area contributed by atoms with Crippen LogP contribution >= 0.6 is 0 Å². The zero-order valence-corrected chi connectivity index (χ0v) is 18.8. The van der Waals surface area contributed by atoms with Crippen LogP contribution in [0.4, 0.5) is 13.2 Å². The molecule has 0 atom stereocenters. The van der Waals surface area contributed by atoms with E-state index >= 15 is 0 Å². The van der Waals surface area contributed by atoms with Gasteiger partial charge in [-0.2, -0.15) is 13.2 Å². The molecule has 3 aromatic carbocycles. The number of hydrogen-bond acceptors (Lipinski definition) is 4. The van der Waals surface area contributed by atoms with Gasteiger partial charge in [-0.05, 0) is 59.5 Å². The number of halogens is 3. The molecule has 0 aliphatic rings. The Balaban J connectivity index is 1.56. The van der Waals surface area contributed by atoms with Gasteiger partial charge in [0.25, 0.3) is 5.91 Å². The van der Waals surface area contributed by atoms with Gasteiger partial charge in [-0.3, -0.25) is 4.79 Å². The molecule has 34 heavy (non-hydrogen) atoms. The highest BCUT2D eigenvalue weighted by Gasteiger charge is 2.33. The van der Waals surface area contributed by atoms with E-state index in [1.54, 1.807) is 19.1 Å². The molecule has 174 valence electrons. The minimum absolute atomic E-state index is 0.0484. The van der Waals surface area contributed by atoms with E-state index in [0.717, 1.165) is 28.3 Å². The van der Waals surface area contributed by atoms with Crippen LogP contribution in [0.2, 0.25) is 0 Å². The molecule has 0 aliphatic carbocycles. The molecule has 1 heterocycles. The van der Waals surface area contributed by atoms with Crippen molar-refractivity contribution in [1.82, 2.24) is 15.1 Å². The molecular weight excluding hydrogens is 443 g/mol. The fourth-order valence-corrected chi connectivity index (χ4v) is 3.84. The Morgan fingerprint density at radius 2 is 1.68 bits per heavy atom. The van der Waals surface area contributed by atoms with Gasteiger partial charge in [-0.25, -0.2) is 0 Å². The molecule has 0 fully saturated rings. The van der Waals surface area contributed by atoms with Gasteiger partial charge in [0, 0.05) is 31.6 Å². The summed E-state index contributed by atoms with van der Waals surface area (Å²) in [6.45, 7) is 3.45. The van der Waals surface area contributed by atoms with Crippen LogP contribution in [-0.2, 0) is 12.7 Å². The summed E-state index contributed by atoms with van der Waals surface area (Å²) in [5.74, 6) is 0.535. The van der Waals surface area contributed by atoms with Crippen LogP contribution in [-0.4, -0.2) is 28.1 Å². The van der Waals surface area contributed by atoms with E-state index in [2.05, 4.69) is 10.2 Å². The molecule has 8 heteroatoms. The highest BCUT2D eigenvalue weighted by Crippen LogP contribution is 2.33. The summed E-state index contributed by atoms with van der Waals surface area (Å²) in [6.07, 6.45) is -4.48. The first kappa shape index (κ1) is 23.2. The van der Waals surface area contributed by atoms with Gasteiger partial charge in [0.1, 0.15) is 0 Å². The molecule has 0 saturated carbocycles. The topological polar surface area (TPSA) is 59.2 Å². The zero-order chi connectivity index (χ0) is 24.5. The highest BCUT2D eigenvalue weighted by atomic mass is 19.4. The predicted molar refractivity (Wildman–Crippen MR) is 122 cm³/mol. The third kappa shape index (κ3) is 4.85. The van der Waals surface area contributed by atoms with Crippen molar-refractivity contribution >= 4 is 5.91 Å². The van der Waals surface area contributed by atoms with Crippen molar-refractivity contribution in [3.05, 3.63) is 94.9 Å². The van der Waals surface area contributed by atoms with Crippen LogP contribution in [0.1, 0.15) is 32.9 Å². The van der Waals surface area contributed by atoms with E-state index in [1.807, 2.05) is 37.3 Å². The predicted octanol–water partition coefficient (Wildman–Crippen LogP) is 6.31. The highest BCUT2D eigenvalue weighted by molar-refractivity contribution is 5.95. The second kappa shape index (κ2) is 9.13. The van der Waals surface area contributed by atoms with E-state index in [1.165, 1.54) is 30.1 Å². The lowest BCUT2D eigenvalue weighted by molar-refractivity contribution is -0.138. The monoisotopic (exact) mass is 465 g/mol. The Bertz CT molecular complexity index is 1350. The number of hydrogen-bond donors (Lipinski definition) is 0. The molecule has 0 N–H and O–H groups in total. The molecule has 0 bridgehead atoms. The molecular formula is C26H22F3N3O2. The van der Waals surface area contributed by atoms with E-state index < -0.39 is 11.7 Å². The Hall–Kier alpha value is -3.94. The normalized spacial score (nSPS) is 11.5. The SMILES string of the molecule is Cc1nnc(-c2cccc(-c3ccc(C(=O)N(C)Cc4ccccc4C(F)(F)F)cc3C)c2)o1. The van der Waals surface area contributed by atoms with Crippen molar-refractivity contribution in [3.63, 3.8) is 0 Å². The smallest absolute Gasteiger partial charge is 0.416 e. The Kier molecular flexibility index (Phi) is 6.24. The number of aromatic nitrogens is 2. The lowest BCUT2D eigenvalue weighted by Gasteiger charge is -2.21. The summed E-state index contributed by atoms with van der Waals surface area (Å²) in [5.41, 5.74) is 3.17. The summed E-state index contributed by atoms with van der Waals surface area (Å²) < 4.78 is 45.4. The third-order valence-electron chi connectivity index (χ3n) is 5.50.